The topological polar surface area (TPSA) is 75.7 Å². The van der Waals surface area contributed by atoms with Crippen molar-refractivity contribution in [3.63, 3.8) is 0 Å². The standard InChI is InChI=1S/C16H30N2O4S/c1-16(2,3)22-15(19)18-8-4-5-13(12-18)11-17-14-6-9-23(20,21)10-7-14/h13-14,17H,4-12H2,1-3H3. The fourth-order valence-corrected chi connectivity index (χ4v) is 4.64. The third kappa shape index (κ3) is 6.30. The van der Waals surface area contributed by atoms with E-state index in [1.165, 1.54) is 0 Å². The summed E-state index contributed by atoms with van der Waals surface area (Å²) in [7, 11) is -2.81. The molecule has 0 aromatic carbocycles. The van der Waals surface area contributed by atoms with E-state index in [2.05, 4.69) is 5.32 Å². The average molecular weight is 346 g/mol. The minimum atomic E-state index is -2.81. The van der Waals surface area contributed by atoms with E-state index in [9.17, 15) is 13.2 Å². The molecule has 0 aromatic heterocycles. The van der Waals surface area contributed by atoms with Crippen molar-refractivity contribution in [2.45, 2.75) is 58.1 Å². The van der Waals surface area contributed by atoms with Crippen LogP contribution >= 0.6 is 0 Å². The maximum atomic E-state index is 12.2. The van der Waals surface area contributed by atoms with Crippen LogP contribution in [0.1, 0.15) is 46.5 Å². The predicted octanol–water partition coefficient (Wildman–Crippen LogP) is 1.80. The number of piperidine rings is 1. The van der Waals surface area contributed by atoms with Crippen LogP contribution in [0.25, 0.3) is 0 Å². The van der Waals surface area contributed by atoms with Gasteiger partial charge in [0.25, 0.3) is 0 Å². The van der Waals surface area contributed by atoms with Crippen molar-refractivity contribution in [1.29, 1.82) is 0 Å². The number of nitrogens with zero attached hydrogens (tertiary/aromatic N) is 1. The number of carbonyl (C=O) groups excluding carboxylic acids is 1. The molecule has 2 rings (SSSR count). The SMILES string of the molecule is CC(C)(C)OC(=O)N1CCCC(CNC2CCS(=O)(=O)CC2)C1. The Balaban J connectivity index is 1.75. The lowest BCUT2D eigenvalue weighted by Crippen LogP contribution is -2.47. The van der Waals surface area contributed by atoms with Crippen molar-refractivity contribution in [2.75, 3.05) is 31.1 Å². The summed E-state index contributed by atoms with van der Waals surface area (Å²) in [6, 6.07) is 0.287. The van der Waals surface area contributed by atoms with Gasteiger partial charge >= 0.3 is 6.09 Å². The Labute approximate surface area is 139 Å². The fraction of sp³-hybridized carbons (Fsp3) is 0.938. The molecule has 0 aliphatic carbocycles. The second-order valence-corrected chi connectivity index (χ2v) is 10.1. The maximum Gasteiger partial charge on any atom is 0.410 e. The van der Waals surface area contributed by atoms with Gasteiger partial charge in [-0.1, -0.05) is 0 Å². The Hall–Kier alpha value is -0.820. The van der Waals surface area contributed by atoms with Crippen LogP contribution in [0.4, 0.5) is 4.79 Å². The molecule has 134 valence electrons. The molecule has 2 aliphatic rings. The summed E-state index contributed by atoms with van der Waals surface area (Å²) in [6.45, 7) is 7.95. The van der Waals surface area contributed by atoms with Gasteiger partial charge < -0.3 is 15.0 Å². The number of ether oxygens (including phenoxy) is 1. The van der Waals surface area contributed by atoms with E-state index in [1.54, 1.807) is 4.90 Å². The van der Waals surface area contributed by atoms with Gasteiger partial charge in [-0.2, -0.15) is 0 Å². The zero-order chi connectivity index (χ0) is 17.1. The molecule has 0 bridgehead atoms. The van der Waals surface area contributed by atoms with Crippen LogP contribution in [0.3, 0.4) is 0 Å². The third-order valence-electron chi connectivity index (χ3n) is 4.42. The molecule has 7 heteroatoms. The molecule has 1 unspecified atom stereocenters. The van der Waals surface area contributed by atoms with Crippen molar-refractivity contribution in [2.24, 2.45) is 5.92 Å². The minimum Gasteiger partial charge on any atom is -0.444 e. The van der Waals surface area contributed by atoms with Gasteiger partial charge in [0, 0.05) is 19.1 Å². The van der Waals surface area contributed by atoms with E-state index in [1.807, 2.05) is 20.8 Å². The summed E-state index contributed by atoms with van der Waals surface area (Å²) >= 11 is 0. The lowest BCUT2D eigenvalue weighted by atomic mass is 9.97. The molecule has 1 amide bonds. The molecule has 23 heavy (non-hydrogen) atoms. The highest BCUT2D eigenvalue weighted by molar-refractivity contribution is 7.91. The molecule has 0 saturated carbocycles. The Morgan fingerprint density at radius 2 is 1.87 bits per heavy atom. The minimum absolute atomic E-state index is 0.231. The van der Waals surface area contributed by atoms with Crippen LogP contribution in [0.15, 0.2) is 0 Å². The normalized spacial score (nSPS) is 26.0. The molecule has 0 aromatic rings. The molecular weight excluding hydrogens is 316 g/mol. The molecular formula is C16H30N2O4S. The monoisotopic (exact) mass is 346 g/mol. The average Bonchev–Trinajstić information content (AvgIpc) is 2.45. The molecule has 2 heterocycles. The highest BCUT2D eigenvalue weighted by Crippen LogP contribution is 2.20. The van der Waals surface area contributed by atoms with Gasteiger partial charge in [-0.3, -0.25) is 0 Å². The summed E-state index contributed by atoms with van der Waals surface area (Å²) in [5, 5.41) is 3.49. The lowest BCUT2D eigenvalue weighted by Gasteiger charge is -2.35. The van der Waals surface area contributed by atoms with Crippen LogP contribution in [0, 0.1) is 5.92 Å². The number of sulfone groups is 1. The molecule has 0 radical (unpaired) electrons. The number of likely N-dealkylation sites (tertiary alicyclic amines) is 1. The molecule has 6 nitrogen and oxygen atoms in total. The van der Waals surface area contributed by atoms with Gasteiger partial charge in [-0.25, -0.2) is 13.2 Å². The number of hydrogen-bond acceptors (Lipinski definition) is 5. The maximum absolute atomic E-state index is 12.2. The van der Waals surface area contributed by atoms with E-state index in [-0.39, 0.29) is 12.1 Å². The molecule has 2 fully saturated rings. The number of nitrogens with one attached hydrogen (secondary N) is 1. The second kappa shape index (κ2) is 7.38. The van der Waals surface area contributed by atoms with E-state index >= 15 is 0 Å². The van der Waals surface area contributed by atoms with Gasteiger partial charge in [0.1, 0.15) is 15.4 Å². The first-order valence-corrected chi connectivity index (χ1v) is 10.4. The Bertz CT molecular complexity index is 499. The largest absolute Gasteiger partial charge is 0.444 e. The molecule has 1 N–H and O–H groups in total. The first-order chi connectivity index (χ1) is 10.6. The summed E-state index contributed by atoms with van der Waals surface area (Å²) in [4.78, 5) is 14.0. The van der Waals surface area contributed by atoms with Crippen LogP contribution < -0.4 is 5.32 Å². The Morgan fingerprint density at radius 1 is 1.22 bits per heavy atom. The number of carbonyl (C=O) groups is 1. The van der Waals surface area contributed by atoms with Crippen molar-refractivity contribution < 1.29 is 17.9 Å². The molecule has 2 aliphatic heterocycles. The van der Waals surface area contributed by atoms with Crippen molar-refractivity contribution >= 4 is 15.9 Å². The van der Waals surface area contributed by atoms with E-state index in [0.29, 0.717) is 36.8 Å². The van der Waals surface area contributed by atoms with Crippen LogP contribution in [-0.2, 0) is 14.6 Å². The van der Waals surface area contributed by atoms with Crippen molar-refractivity contribution in [3.05, 3.63) is 0 Å². The van der Waals surface area contributed by atoms with E-state index < -0.39 is 15.4 Å². The summed E-state index contributed by atoms with van der Waals surface area (Å²) in [6.07, 6.45) is 3.25. The number of rotatable bonds is 3. The van der Waals surface area contributed by atoms with Crippen molar-refractivity contribution in [1.82, 2.24) is 10.2 Å². The van der Waals surface area contributed by atoms with Crippen LogP contribution in [0.2, 0.25) is 0 Å². The van der Waals surface area contributed by atoms with Gasteiger partial charge in [0.05, 0.1) is 11.5 Å². The summed E-state index contributed by atoms with van der Waals surface area (Å²) in [5.41, 5.74) is -0.462. The van der Waals surface area contributed by atoms with E-state index in [4.69, 9.17) is 4.74 Å². The quantitative estimate of drug-likeness (QED) is 0.843. The first kappa shape index (κ1) is 18.5. The summed E-state index contributed by atoms with van der Waals surface area (Å²) < 4.78 is 28.3. The Morgan fingerprint density at radius 3 is 2.48 bits per heavy atom. The highest BCUT2D eigenvalue weighted by atomic mass is 32.2. The molecule has 1 atom stereocenters. The lowest BCUT2D eigenvalue weighted by molar-refractivity contribution is 0.0165. The van der Waals surface area contributed by atoms with Crippen molar-refractivity contribution in [3.8, 4) is 0 Å². The highest BCUT2D eigenvalue weighted by Gasteiger charge is 2.29. The smallest absolute Gasteiger partial charge is 0.410 e. The second-order valence-electron chi connectivity index (χ2n) is 7.77. The summed E-state index contributed by atoms with van der Waals surface area (Å²) in [5.74, 6) is 0.994. The van der Waals surface area contributed by atoms with E-state index in [0.717, 1.165) is 25.9 Å². The molecule has 2 saturated heterocycles. The van der Waals surface area contributed by atoms with Gasteiger partial charge in [-0.05, 0) is 58.9 Å². The van der Waals surface area contributed by atoms with Gasteiger partial charge in [-0.15, -0.1) is 0 Å². The zero-order valence-electron chi connectivity index (χ0n) is 14.5. The van der Waals surface area contributed by atoms with Gasteiger partial charge in [0.2, 0.25) is 0 Å². The number of amides is 1. The number of hydrogen-bond donors (Lipinski definition) is 1. The predicted molar refractivity (Wildman–Crippen MR) is 90.2 cm³/mol. The van der Waals surface area contributed by atoms with Crippen LogP contribution in [-0.4, -0.2) is 62.2 Å². The molecule has 0 spiro atoms. The first-order valence-electron chi connectivity index (χ1n) is 8.56. The van der Waals surface area contributed by atoms with Gasteiger partial charge in [0.15, 0.2) is 0 Å². The van der Waals surface area contributed by atoms with Crippen LogP contribution in [0.5, 0.6) is 0 Å². The Kier molecular flexibility index (Phi) is 5.94. The zero-order valence-corrected chi connectivity index (χ0v) is 15.3. The fourth-order valence-electron chi connectivity index (χ4n) is 3.15. The third-order valence-corrected chi connectivity index (χ3v) is 6.14.